The first-order valence-corrected chi connectivity index (χ1v) is 6.70. The van der Waals surface area contributed by atoms with E-state index in [1.54, 1.807) is 30.3 Å². The molecule has 2 aromatic rings. The summed E-state index contributed by atoms with van der Waals surface area (Å²) in [6.07, 6.45) is 0.950. The van der Waals surface area contributed by atoms with Crippen LogP contribution in [0.2, 0.25) is 10.0 Å². The van der Waals surface area contributed by atoms with Gasteiger partial charge in [0.2, 0.25) is 0 Å². The third kappa shape index (κ3) is 3.72. The molecule has 0 fully saturated rings. The monoisotopic (exact) mass is 293 g/mol. The van der Waals surface area contributed by atoms with Crippen molar-refractivity contribution < 1.29 is 4.79 Å². The first kappa shape index (κ1) is 13.9. The highest BCUT2D eigenvalue weighted by Gasteiger charge is 2.07. The molecule has 0 aliphatic heterocycles. The van der Waals surface area contributed by atoms with Gasteiger partial charge in [-0.2, -0.15) is 0 Å². The van der Waals surface area contributed by atoms with Gasteiger partial charge < -0.3 is 5.32 Å². The molecule has 0 unspecified atom stereocenters. The molecule has 0 atom stereocenters. The number of hydrogen-bond donors (Lipinski definition) is 1. The number of aryl methyl sites for hydroxylation is 1. The highest BCUT2D eigenvalue weighted by atomic mass is 35.5. The van der Waals surface area contributed by atoms with Gasteiger partial charge >= 0.3 is 0 Å². The van der Waals surface area contributed by atoms with Crippen LogP contribution in [0.5, 0.6) is 0 Å². The van der Waals surface area contributed by atoms with E-state index in [4.69, 9.17) is 23.2 Å². The normalized spacial score (nSPS) is 10.3. The van der Waals surface area contributed by atoms with Crippen molar-refractivity contribution in [1.29, 1.82) is 0 Å². The lowest BCUT2D eigenvalue weighted by Crippen LogP contribution is -2.11. The Morgan fingerprint density at radius 2 is 1.63 bits per heavy atom. The van der Waals surface area contributed by atoms with Crippen LogP contribution in [0.25, 0.3) is 0 Å². The molecule has 4 heteroatoms. The summed E-state index contributed by atoms with van der Waals surface area (Å²) in [7, 11) is 0. The molecule has 0 radical (unpaired) electrons. The quantitative estimate of drug-likeness (QED) is 0.865. The Bertz CT molecular complexity index is 573. The summed E-state index contributed by atoms with van der Waals surface area (Å²) < 4.78 is 0. The second-order valence-electron chi connectivity index (χ2n) is 4.16. The molecule has 0 heterocycles. The average Bonchev–Trinajstić information content (AvgIpc) is 2.37. The van der Waals surface area contributed by atoms with E-state index in [1.807, 2.05) is 12.1 Å². The largest absolute Gasteiger partial charge is 0.322 e. The molecule has 0 saturated carbocycles. The summed E-state index contributed by atoms with van der Waals surface area (Å²) >= 11 is 11.8. The molecule has 98 valence electrons. The summed E-state index contributed by atoms with van der Waals surface area (Å²) in [4.78, 5) is 12.0. The number of halogens is 2. The van der Waals surface area contributed by atoms with E-state index in [-0.39, 0.29) is 5.91 Å². The SMILES string of the molecule is CCc1ccc(C(=O)Nc2cc(Cl)cc(Cl)c2)cc1. The highest BCUT2D eigenvalue weighted by Crippen LogP contribution is 2.22. The van der Waals surface area contributed by atoms with Crippen LogP contribution < -0.4 is 5.32 Å². The zero-order valence-corrected chi connectivity index (χ0v) is 11.9. The third-order valence-electron chi connectivity index (χ3n) is 2.74. The molecule has 2 nitrogen and oxygen atoms in total. The Morgan fingerprint density at radius 3 is 2.16 bits per heavy atom. The smallest absolute Gasteiger partial charge is 0.255 e. The lowest BCUT2D eigenvalue weighted by molar-refractivity contribution is 0.102. The van der Waals surface area contributed by atoms with Crippen LogP contribution in [0.3, 0.4) is 0 Å². The zero-order valence-electron chi connectivity index (χ0n) is 10.4. The first-order valence-electron chi connectivity index (χ1n) is 5.95. The first-order chi connectivity index (χ1) is 9.08. The lowest BCUT2D eigenvalue weighted by Gasteiger charge is -2.07. The second-order valence-corrected chi connectivity index (χ2v) is 5.04. The number of carbonyl (C=O) groups is 1. The number of amides is 1. The Kier molecular flexibility index (Phi) is 4.46. The summed E-state index contributed by atoms with van der Waals surface area (Å²) in [5.41, 5.74) is 2.39. The van der Waals surface area contributed by atoms with E-state index in [9.17, 15) is 4.79 Å². The molecule has 0 spiro atoms. The predicted octanol–water partition coefficient (Wildman–Crippen LogP) is 4.81. The summed E-state index contributed by atoms with van der Waals surface area (Å²) in [5.74, 6) is -0.180. The minimum absolute atomic E-state index is 0.180. The van der Waals surface area contributed by atoms with Crippen LogP contribution in [-0.4, -0.2) is 5.91 Å². The Morgan fingerprint density at radius 1 is 1.05 bits per heavy atom. The molecule has 1 N–H and O–H groups in total. The van der Waals surface area contributed by atoms with Crippen molar-refractivity contribution in [3.8, 4) is 0 Å². The second kappa shape index (κ2) is 6.09. The minimum atomic E-state index is -0.180. The summed E-state index contributed by atoms with van der Waals surface area (Å²) in [6.45, 7) is 2.07. The third-order valence-corrected chi connectivity index (χ3v) is 3.18. The van der Waals surface area contributed by atoms with Gasteiger partial charge in [-0.15, -0.1) is 0 Å². The molecular weight excluding hydrogens is 281 g/mol. The van der Waals surface area contributed by atoms with Crippen molar-refractivity contribution in [2.24, 2.45) is 0 Å². The maximum absolute atomic E-state index is 12.0. The van der Waals surface area contributed by atoms with E-state index >= 15 is 0 Å². The fourth-order valence-electron chi connectivity index (χ4n) is 1.72. The van der Waals surface area contributed by atoms with Crippen molar-refractivity contribution in [1.82, 2.24) is 0 Å². The molecule has 0 aliphatic carbocycles. The number of anilines is 1. The van der Waals surface area contributed by atoms with Crippen LogP contribution >= 0.6 is 23.2 Å². The van der Waals surface area contributed by atoms with Gasteiger partial charge in [0, 0.05) is 21.3 Å². The van der Waals surface area contributed by atoms with Crippen LogP contribution in [0.1, 0.15) is 22.8 Å². The fraction of sp³-hybridized carbons (Fsp3) is 0.133. The van der Waals surface area contributed by atoms with Gasteiger partial charge in [0.1, 0.15) is 0 Å². The topological polar surface area (TPSA) is 29.1 Å². The number of hydrogen-bond acceptors (Lipinski definition) is 1. The van der Waals surface area contributed by atoms with E-state index in [2.05, 4.69) is 12.2 Å². The minimum Gasteiger partial charge on any atom is -0.322 e. The number of rotatable bonds is 3. The van der Waals surface area contributed by atoms with Crippen molar-refractivity contribution in [3.63, 3.8) is 0 Å². The van der Waals surface area contributed by atoms with E-state index in [0.29, 0.717) is 21.3 Å². The lowest BCUT2D eigenvalue weighted by atomic mass is 10.1. The molecule has 0 aromatic heterocycles. The van der Waals surface area contributed by atoms with Crippen LogP contribution in [0, 0.1) is 0 Å². The van der Waals surface area contributed by atoms with Gasteiger partial charge in [0.15, 0.2) is 0 Å². The van der Waals surface area contributed by atoms with E-state index in [1.165, 1.54) is 5.56 Å². The fourth-order valence-corrected chi connectivity index (χ4v) is 2.25. The number of carbonyl (C=O) groups excluding carboxylic acids is 1. The van der Waals surface area contributed by atoms with Gasteiger partial charge in [0.25, 0.3) is 5.91 Å². The molecule has 19 heavy (non-hydrogen) atoms. The number of nitrogens with one attached hydrogen (secondary N) is 1. The number of benzene rings is 2. The summed E-state index contributed by atoms with van der Waals surface area (Å²) in [6, 6.07) is 12.4. The molecule has 2 aromatic carbocycles. The Labute approximate surface area is 122 Å². The van der Waals surface area contributed by atoms with Crippen LogP contribution in [-0.2, 0) is 6.42 Å². The average molecular weight is 294 g/mol. The Balaban J connectivity index is 2.15. The zero-order chi connectivity index (χ0) is 13.8. The van der Waals surface area contributed by atoms with Gasteiger partial charge in [-0.1, -0.05) is 42.3 Å². The van der Waals surface area contributed by atoms with Crippen LogP contribution in [0.4, 0.5) is 5.69 Å². The molecule has 0 bridgehead atoms. The molecule has 0 saturated heterocycles. The maximum atomic E-state index is 12.0. The molecule has 2 rings (SSSR count). The highest BCUT2D eigenvalue weighted by molar-refractivity contribution is 6.35. The maximum Gasteiger partial charge on any atom is 0.255 e. The van der Waals surface area contributed by atoms with Gasteiger partial charge in [-0.25, -0.2) is 0 Å². The van der Waals surface area contributed by atoms with E-state index in [0.717, 1.165) is 6.42 Å². The van der Waals surface area contributed by atoms with Crippen molar-refractivity contribution in [2.45, 2.75) is 13.3 Å². The van der Waals surface area contributed by atoms with Gasteiger partial charge in [-0.05, 0) is 42.3 Å². The van der Waals surface area contributed by atoms with Crippen LogP contribution in [0.15, 0.2) is 42.5 Å². The predicted molar refractivity (Wildman–Crippen MR) is 80.2 cm³/mol. The van der Waals surface area contributed by atoms with Crippen molar-refractivity contribution in [2.75, 3.05) is 5.32 Å². The molecule has 1 amide bonds. The van der Waals surface area contributed by atoms with E-state index < -0.39 is 0 Å². The van der Waals surface area contributed by atoms with Gasteiger partial charge in [0.05, 0.1) is 0 Å². The standard InChI is InChI=1S/C15H13Cl2NO/c1-2-10-3-5-11(6-4-10)15(19)18-14-8-12(16)7-13(17)9-14/h3-9H,2H2,1H3,(H,18,19). The van der Waals surface area contributed by atoms with Crippen molar-refractivity contribution >= 4 is 34.8 Å². The molecular formula is C15H13Cl2NO. The van der Waals surface area contributed by atoms with Gasteiger partial charge in [-0.3, -0.25) is 4.79 Å². The Hall–Kier alpha value is -1.51. The molecule has 0 aliphatic rings. The van der Waals surface area contributed by atoms with Crippen molar-refractivity contribution in [3.05, 3.63) is 63.6 Å². The summed E-state index contributed by atoms with van der Waals surface area (Å²) in [5, 5.41) is 3.75.